The largest absolute Gasteiger partial charge is 0.462 e. The summed E-state index contributed by atoms with van der Waals surface area (Å²) < 4.78 is 16.8. The molecule has 65 heavy (non-hydrogen) atoms. The van der Waals surface area contributed by atoms with Crippen molar-refractivity contribution in [2.45, 2.75) is 297 Å². The van der Waals surface area contributed by atoms with Crippen molar-refractivity contribution in [3.63, 3.8) is 0 Å². The highest BCUT2D eigenvalue weighted by Crippen LogP contribution is 2.16. The molecule has 6 nitrogen and oxygen atoms in total. The van der Waals surface area contributed by atoms with Gasteiger partial charge in [0.1, 0.15) is 13.2 Å². The predicted molar refractivity (Wildman–Crippen MR) is 279 cm³/mol. The Bertz CT molecular complexity index is 1140. The fourth-order valence-corrected chi connectivity index (χ4v) is 8.03. The second-order valence-corrected chi connectivity index (χ2v) is 18.8. The van der Waals surface area contributed by atoms with Crippen molar-refractivity contribution in [2.24, 2.45) is 0 Å². The van der Waals surface area contributed by atoms with Gasteiger partial charge in [-0.3, -0.25) is 14.4 Å². The lowest BCUT2D eigenvalue weighted by molar-refractivity contribution is -0.167. The summed E-state index contributed by atoms with van der Waals surface area (Å²) in [6.07, 6.45) is 65.2. The summed E-state index contributed by atoms with van der Waals surface area (Å²) in [5.74, 6) is -0.888. The van der Waals surface area contributed by atoms with Gasteiger partial charge in [0.05, 0.1) is 0 Å². The van der Waals surface area contributed by atoms with Crippen LogP contribution in [-0.4, -0.2) is 37.2 Å². The van der Waals surface area contributed by atoms with Gasteiger partial charge in [-0.05, 0) is 83.5 Å². The third kappa shape index (κ3) is 52.2. The molecule has 6 heteroatoms. The van der Waals surface area contributed by atoms with E-state index in [-0.39, 0.29) is 31.1 Å². The van der Waals surface area contributed by atoms with Crippen LogP contribution in [0.25, 0.3) is 0 Å². The number of hydrogen-bond donors (Lipinski definition) is 0. The highest BCUT2D eigenvalue weighted by molar-refractivity contribution is 5.71. The van der Waals surface area contributed by atoms with Crippen LogP contribution >= 0.6 is 0 Å². The number of rotatable bonds is 51. The van der Waals surface area contributed by atoms with E-state index in [0.29, 0.717) is 19.3 Å². The van der Waals surface area contributed by atoms with Crippen LogP contribution in [0.4, 0.5) is 0 Å². The van der Waals surface area contributed by atoms with E-state index in [9.17, 15) is 14.4 Å². The Hall–Kier alpha value is -2.63. The highest BCUT2D eigenvalue weighted by atomic mass is 16.6. The maximum Gasteiger partial charge on any atom is 0.306 e. The Kier molecular flexibility index (Phi) is 51.8. The number of esters is 3. The Balaban J connectivity index is 4.38. The molecule has 0 radical (unpaired) electrons. The van der Waals surface area contributed by atoms with E-state index in [1.807, 2.05) is 0 Å². The van der Waals surface area contributed by atoms with Crippen LogP contribution in [-0.2, 0) is 28.6 Å². The molecule has 0 aliphatic rings. The Morgan fingerprint density at radius 1 is 0.308 bits per heavy atom. The highest BCUT2D eigenvalue weighted by Gasteiger charge is 2.19. The standard InChI is InChI=1S/C59H106O6/c1-4-7-10-13-16-19-22-25-28-29-32-34-37-40-43-46-49-52-58(61)64-55-56(65-59(62)53-50-47-44-41-38-35-31-27-24-21-18-15-12-9-6-3)54-63-57(60)51-48-45-42-39-36-33-30-26-23-20-17-14-11-8-5-2/h16,18-19,21,25,27-28,31,56H,4-15,17,20,22-24,26,29-30,32-55H2,1-3H3/b19-16-,21-18-,28-25-,31-27-. The van der Waals surface area contributed by atoms with Crippen LogP contribution in [0.3, 0.4) is 0 Å². The average Bonchev–Trinajstić information content (AvgIpc) is 3.30. The van der Waals surface area contributed by atoms with Gasteiger partial charge >= 0.3 is 17.9 Å². The minimum atomic E-state index is -0.781. The first-order valence-corrected chi connectivity index (χ1v) is 28.1. The van der Waals surface area contributed by atoms with Crippen molar-refractivity contribution in [2.75, 3.05) is 13.2 Å². The summed E-state index contributed by atoms with van der Waals surface area (Å²) in [7, 11) is 0. The van der Waals surface area contributed by atoms with Crippen LogP contribution < -0.4 is 0 Å². The molecule has 0 N–H and O–H groups in total. The van der Waals surface area contributed by atoms with E-state index in [4.69, 9.17) is 14.2 Å². The monoisotopic (exact) mass is 911 g/mol. The summed E-state index contributed by atoms with van der Waals surface area (Å²) in [4.78, 5) is 38.1. The molecule has 0 aromatic carbocycles. The molecule has 0 amide bonds. The van der Waals surface area contributed by atoms with Gasteiger partial charge in [-0.15, -0.1) is 0 Å². The van der Waals surface area contributed by atoms with Gasteiger partial charge in [0.25, 0.3) is 0 Å². The summed E-state index contributed by atoms with van der Waals surface area (Å²) in [6, 6.07) is 0. The maximum absolute atomic E-state index is 12.8. The van der Waals surface area contributed by atoms with E-state index in [0.717, 1.165) is 96.3 Å². The van der Waals surface area contributed by atoms with Gasteiger partial charge in [0, 0.05) is 19.3 Å². The number of ether oxygens (including phenoxy) is 3. The lowest BCUT2D eigenvalue weighted by Gasteiger charge is -2.18. The fourth-order valence-electron chi connectivity index (χ4n) is 8.03. The quantitative estimate of drug-likeness (QED) is 0.0262. The Morgan fingerprint density at radius 3 is 0.877 bits per heavy atom. The molecule has 0 heterocycles. The van der Waals surface area contributed by atoms with Crippen LogP contribution in [0.1, 0.15) is 290 Å². The Morgan fingerprint density at radius 2 is 0.554 bits per heavy atom. The number of carbonyl (C=O) groups is 3. The summed E-state index contributed by atoms with van der Waals surface area (Å²) in [5, 5.41) is 0. The smallest absolute Gasteiger partial charge is 0.306 e. The van der Waals surface area contributed by atoms with Crippen LogP contribution in [0.5, 0.6) is 0 Å². The van der Waals surface area contributed by atoms with Gasteiger partial charge in [0.2, 0.25) is 0 Å². The molecule has 0 rings (SSSR count). The second kappa shape index (κ2) is 54.0. The van der Waals surface area contributed by atoms with Crippen molar-refractivity contribution in [1.29, 1.82) is 0 Å². The first-order valence-electron chi connectivity index (χ1n) is 28.1. The molecule has 0 aromatic rings. The van der Waals surface area contributed by atoms with E-state index in [1.165, 1.54) is 154 Å². The molecule has 0 aliphatic heterocycles. The minimum absolute atomic E-state index is 0.0786. The molecule has 0 bridgehead atoms. The number of allylic oxidation sites excluding steroid dienone is 8. The third-order valence-electron chi connectivity index (χ3n) is 12.3. The normalized spacial score (nSPS) is 12.4. The topological polar surface area (TPSA) is 78.9 Å². The minimum Gasteiger partial charge on any atom is -0.462 e. The van der Waals surface area contributed by atoms with E-state index in [2.05, 4.69) is 69.4 Å². The lowest BCUT2D eigenvalue weighted by atomic mass is 10.0. The summed E-state index contributed by atoms with van der Waals surface area (Å²) in [6.45, 7) is 6.60. The number of unbranched alkanes of at least 4 members (excludes halogenated alkanes) is 32. The third-order valence-corrected chi connectivity index (χ3v) is 12.3. The molecule has 1 atom stereocenters. The Labute approximate surface area is 403 Å². The molecule has 0 spiro atoms. The second-order valence-electron chi connectivity index (χ2n) is 18.8. The number of carbonyl (C=O) groups excluding carboxylic acids is 3. The molecular weight excluding hydrogens is 805 g/mol. The lowest BCUT2D eigenvalue weighted by Crippen LogP contribution is -2.30. The molecule has 0 aromatic heterocycles. The SMILES string of the molecule is CCCCC/C=C\C/C=C\CCCCCCCCCC(=O)OCC(COC(=O)CCCCCCCCCCCCCCCCC)OC(=O)CCCCCCC/C=C\C/C=C\CCCCC. The van der Waals surface area contributed by atoms with Gasteiger partial charge in [0.15, 0.2) is 6.10 Å². The van der Waals surface area contributed by atoms with Crippen molar-refractivity contribution >= 4 is 17.9 Å². The fraction of sp³-hybridized carbons (Fsp3) is 0.814. The van der Waals surface area contributed by atoms with E-state index in [1.54, 1.807) is 0 Å². The first-order chi connectivity index (χ1) is 32.0. The van der Waals surface area contributed by atoms with Gasteiger partial charge in [-0.2, -0.15) is 0 Å². The zero-order chi connectivity index (χ0) is 47.2. The molecular formula is C59H106O6. The van der Waals surface area contributed by atoms with Crippen molar-refractivity contribution in [1.82, 2.24) is 0 Å². The first kappa shape index (κ1) is 62.4. The average molecular weight is 911 g/mol. The van der Waals surface area contributed by atoms with Crippen molar-refractivity contribution in [3.05, 3.63) is 48.6 Å². The predicted octanol–water partition coefficient (Wildman–Crippen LogP) is 18.7. The molecule has 0 fully saturated rings. The molecule has 0 saturated heterocycles. The molecule has 1 unspecified atom stereocenters. The molecule has 378 valence electrons. The summed E-state index contributed by atoms with van der Waals surface area (Å²) >= 11 is 0. The zero-order valence-electron chi connectivity index (χ0n) is 43.3. The van der Waals surface area contributed by atoms with E-state index < -0.39 is 6.10 Å². The van der Waals surface area contributed by atoms with Crippen molar-refractivity contribution in [3.8, 4) is 0 Å². The molecule has 0 saturated carbocycles. The van der Waals surface area contributed by atoms with Gasteiger partial charge in [-0.25, -0.2) is 0 Å². The molecule has 0 aliphatic carbocycles. The summed E-state index contributed by atoms with van der Waals surface area (Å²) in [5.41, 5.74) is 0. The zero-order valence-corrected chi connectivity index (χ0v) is 43.3. The van der Waals surface area contributed by atoms with Gasteiger partial charge in [-0.1, -0.05) is 236 Å². The maximum atomic E-state index is 12.8. The van der Waals surface area contributed by atoms with E-state index >= 15 is 0 Å². The van der Waals surface area contributed by atoms with Crippen LogP contribution in [0, 0.1) is 0 Å². The van der Waals surface area contributed by atoms with Crippen LogP contribution in [0.15, 0.2) is 48.6 Å². The van der Waals surface area contributed by atoms with Crippen molar-refractivity contribution < 1.29 is 28.6 Å². The van der Waals surface area contributed by atoms with Crippen LogP contribution in [0.2, 0.25) is 0 Å². The van der Waals surface area contributed by atoms with Gasteiger partial charge < -0.3 is 14.2 Å². The number of hydrogen-bond acceptors (Lipinski definition) is 6.